The van der Waals surface area contributed by atoms with Gasteiger partial charge in [0.05, 0.1) is 7.11 Å². The highest BCUT2D eigenvalue weighted by atomic mass is 79.9. The lowest BCUT2D eigenvalue weighted by Crippen LogP contribution is -2.25. The molecule has 3 N–H and O–H groups in total. The van der Waals surface area contributed by atoms with Crippen molar-refractivity contribution >= 4 is 21.9 Å². The highest BCUT2D eigenvalue weighted by molar-refractivity contribution is 9.10. The molecule has 0 aliphatic heterocycles. The van der Waals surface area contributed by atoms with Crippen molar-refractivity contribution in [3.05, 3.63) is 35.1 Å². The minimum atomic E-state index is 0.0587. The largest absolute Gasteiger partial charge is 0.496 e. The molecule has 1 aromatic carbocycles. The third kappa shape index (κ3) is 3.68. The van der Waals surface area contributed by atoms with Crippen LogP contribution in [-0.2, 0) is 0 Å². The number of benzene rings is 1. The van der Waals surface area contributed by atoms with Gasteiger partial charge in [0, 0.05) is 40.6 Å². The van der Waals surface area contributed by atoms with Gasteiger partial charge < -0.3 is 15.8 Å². The van der Waals surface area contributed by atoms with E-state index in [0.717, 1.165) is 21.3 Å². The Kier molecular flexibility index (Phi) is 4.92. The van der Waals surface area contributed by atoms with Crippen LogP contribution in [0.3, 0.4) is 0 Å². The molecule has 20 heavy (non-hydrogen) atoms. The smallest absolute Gasteiger partial charge is 0.222 e. The van der Waals surface area contributed by atoms with Gasteiger partial charge in [-0.25, -0.2) is 9.97 Å². The summed E-state index contributed by atoms with van der Waals surface area (Å²) in [5, 5.41) is 3.08. The molecular formula is C14H17BrN4O. The van der Waals surface area contributed by atoms with E-state index in [4.69, 9.17) is 10.5 Å². The first-order valence-corrected chi connectivity index (χ1v) is 7.05. The molecule has 0 bridgehead atoms. The van der Waals surface area contributed by atoms with Crippen molar-refractivity contribution in [2.45, 2.75) is 13.0 Å². The van der Waals surface area contributed by atoms with Crippen molar-refractivity contribution in [2.24, 2.45) is 5.73 Å². The zero-order chi connectivity index (χ0) is 14.5. The molecule has 1 heterocycles. The van der Waals surface area contributed by atoms with Gasteiger partial charge in [0.2, 0.25) is 5.95 Å². The van der Waals surface area contributed by atoms with Crippen LogP contribution < -0.4 is 15.8 Å². The monoisotopic (exact) mass is 336 g/mol. The number of ether oxygens (including phenoxy) is 1. The normalized spacial score (nSPS) is 12.0. The summed E-state index contributed by atoms with van der Waals surface area (Å²) in [6.07, 6.45) is 3.53. The van der Waals surface area contributed by atoms with Crippen LogP contribution in [0.4, 0.5) is 5.95 Å². The van der Waals surface area contributed by atoms with Gasteiger partial charge in [0.15, 0.2) is 0 Å². The highest BCUT2D eigenvalue weighted by Crippen LogP contribution is 2.31. The van der Waals surface area contributed by atoms with Crippen LogP contribution in [0.1, 0.15) is 6.92 Å². The number of nitrogens with zero attached hydrogens (tertiary/aromatic N) is 2. The Morgan fingerprint density at radius 1 is 1.35 bits per heavy atom. The molecule has 0 spiro atoms. The first kappa shape index (κ1) is 14.7. The standard InChI is InChI=1S/C14H17BrN4O/c1-9(16)6-17-14-18-7-10(8-19-14)12-5-11(15)3-4-13(12)20-2/h3-5,7-9H,6,16H2,1-2H3,(H,17,18,19). The molecule has 0 aliphatic rings. The Morgan fingerprint density at radius 3 is 2.65 bits per heavy atom. The fourth-order valence-electron chi connectivity index (χ4n) is 1.72. The number of anilines is 1. The summed E-state index contributed by atoms with van der Waals surface area (Å²) < 4.78 is 6.33. The van der Waals surface area contributed by atoms with Crippen molar-refractivity contribution < 1.29 is 4.74 Å². The summed E-state index contributed by atoms with van der Waals surface area (Å²) in [5.74, 6) is 1.35. The van der Waals surface area contributed by atoms with E-state index in [2.05, 4.69) is 31.2 Å². The molecule has 106 valence electrons. The maximum absolute atomic E-state index is 5.68. The molecule has 0 saturated heterocycles. The number of halogens is 1. The number of nitrogens with one attached hydrogen (secondary N) is 1. The van der Waals surface area contributed by atoms with Gasteiger partial charge in [-0.2, -0.15) is 0 Å². The topological polar surface area (TPSA) is 73.1 Å². The van der Waals surface area contributed by atoms with Crippen molar-refractivity contribution in [1.29, 1.82) is 0 Å². The van der Waals surface area contributed by atoms with E-state index in [1.807, 2.05) is 25.1 Å². The summed E-state index contributed by atoms with van der Waals surface area (Å²) in [6.45, 7) is 2.56. The lowest BCUT2D eigenvalue weighted by atomic mass is 10.1. The van der Waals surface area contributed by atoms with Crippen molar-refractivity contribution in [2.75, 3.05) is 19.0 Å². The Hall–Kier alpha value is -1.66. The predicted octanol–water partition coefficient (Wildman–Crippen LogP) is 2.67. The fraction of sp³-hybridized carbons (Fsp3) is 0.286. The Balaban J connectivity index is 2.23. The number of aromatic nitrogens is 2. The predicted molar refractivity (Wildman–Crippen MR) is 83.9 cm³/mol. The van der Waals surface area contributed by atoms with Gasteiger partial charge in [-0.15, -0.1) is 0 Å². The fourth-order valence-corrected chi connectivity index (χ4v) is 2.08. The summed E-state index contributed by atoms with van der Waals surface area (Å²) >= 11 is 3.46. The molecular weight excluding hydrogens is 320 g/mol. The maximum atomic E-state index is 5.68. The second kappa shape index (κ2) is 6.67. The lowest BCUT2D eigenvalue weighted by Gasteiger charge is -2.10. The van der Waals surface area contributed by atoms with Gasteiger partial charge in [-0.3, -0.25) is 0 Å². The Bertz CT molecular complexity index is 572. The number of hydrogen-bond acceptors (Lipinski definition) is 5. The van der Waals surface area contributed by atoms with Gasteiger partial charge >= 0.3 is 0 Å². The molecule has 1 unspecified atom stereocenters. The van der Waals surface area contributed by atoms with Crippen molar-refractivity contribution in [3.63, 3.8) is 0 Å². The highest BCUT2D eigenvalue weighted by Gasteiger charge is 2.08. The average molecular weight is 337 g/mol. The zero-order valence-corrected chi connectivity index (χ0v) is 13.0. The SMILES string of the molecule is COc1ccc(Br)cc1-c1cnc(NCC(C)N)nc1. The van der Waals surface area contributed by atoms with E-state index in [1.165, 1.54) is 0 Å². The molecule has 0 radical (unpaired) electrons. The second-order valence-corrected chi connectivity index (χ2v) is 5.41. The van der Waals surface area contributed by atoms with E-state index in [0.29, 0.717) is 12.5 Å². The first-order valence-electron chi connectivity index (χ1n) is 6.25. The van der Waals surface area contributed by atoms with E-state index in [-0.39, 0.29) is 6.04 Å². The van der Waals surface area contributed by atoms with Crippen LogP contribution in [0.15, 0.2) is 35.1 Å². The molecule has 2 rings (SSSR count). The van der Waals surface area contributed by atoms with E-state index in [1.54, 1.807) is 19.5 Å². The van der Waals surface area contributed by atoms with Gasteiger partial charge in [0.25, 0.3) is 0 Å². The first-order chi connectivity index (χ1) is 9.60. The Labute approximate surface area is 126 Å². The van der Waals surface area contributed by atoms with Crippen LogP contribution in [0.5, 0.6) is 5.75 Å². The van der Waals surface area contributed by atoms with Crippen LogP contribution in [0.25, 0.3) is 11.1 Å². The second-order valence-electron chi connectivity index (χ2n) is 4.50. The average Bonchev–Trinajstić information content (AvgIpc) is 2.45. The molecule has 0 amide bonds. The number of methoxy groups -OCH3 is 1. The van der Waals surface area contributed by atoms with Crippen LogP contribution in [0.2, 0.25) is 0 Å². The van der Waals surface area contributed by atoms with Gasteiger partial charge in [-0.05, 0) is 25.1 Å². The molecule has 0 saturated carbocycles. The van der Waals surface area contributed by atoms with Crippen LogP contribution in [-0.4, -0.2) is 29.7 Å². The van der Waals surface area contributed by atoms with E-state index in [9.17, 15) is 0 Å². The number of nitrogens with two attached hydrogens (primary N) is 1. The van der Waals surface area contributed by atoms with Crippen molar-refractivity contribution in [3.8, 4) is 16.9 Å². The maximum Gasteiger partial charge on any atom is 0.222 e. The molecule has 0 aliphatic carbocycles. The molecule has 1 aromatic heterocycles. The molecule has 5 nitrogen and oxygen atoms in total. The molecule has 1 atom stereocenters. The molecule has 0 fully saturated rings. The quantitative estimate of drug-likeness (QED) is 0.878. The Morgan fingerprint density at radius 2 is 2.05 bits per heavy atom. The summed E-state index contributed by atoms with van der Waals surface area (Å²) in [7, 11) is 1.64. The lowest BCUT2D eigenvalue weighted by molar-refractivity contribution is 0.416. The van der Waals surface area contributed by atoms with Gasteiger partial charge in [0.1, 0.15) is 5.75 Å². The van der Waals surface area contributed by atoms with E-state index >= 15 is 0 Å². The summed E-state index contributed by atoms with van der Waals surface area (Å²) in [5.41, 5.74) is 7.52. The minimum Gasteiger partial charge on any atom is -0.496 e. The van der Waals surface area contributed by atoms with E-state index < -0.39 is 0 Å². The third-order valence-electron chi connectivity index (χ3n) is 2.71. The summed E-state index contributed by atoms with van der Waals surface area (Å²) in [6, 6.07) is 5.87. The molecule has 6 heteroatoms. The number of hydrogen-bond donors (Lipinski definition) is 2. The van der Waals surface area contributed by atoms with Gasteiger partial charge in [-0.1, -0.05) is 15.9 Å². The van der Waals surface area contributed by atoms with Crippen LogP contribution in [0, 0.1) is 0 Å². The third-order valence-corrected chi connectivity index (χ3v) is 3.20. The summed E-state index contributed by atoms with van der Waals surface area (Å²) in [4.78, 5) is 8.57. The molecule has 2 aromatic rings. The number of rotatable bonds is 5. The van der Waals surface area contributed by atoms with Crippen molar-refractivity contribution in [1.82, 2.24) is 9.97 Å². The minimum absolute atomic E-state index is 0.0587. The van der Waals surface area contributed by atoms with Crippen LogP contribution >= 0.6 is 15.9 Å². The zero-order valence-electron chi connectivity index (χ0n) is 11.4.